The van der Waals surface area contributed by atoms with Crippen molar-refractivity contribution in [3.8, 4) is 0 Å². The summed E-state index contributed by atoms with van der Waals surface area (Å²) in [6, 6.07) is 2.98. The summed E-state index contributed by atoms with van der Waals surface area (Å²) in [5.74, 6) is -0.801. The highest BCUT2D eigenvalue weighted by Gasteiger charge is 2.18. The summed E-state index contributed by atoms with van der Waals surface area (Å²) in [7, 11) is 0. The minimum atomic E-state index is -1.09. The maximum Gasteiger partial charge on any atom is 0.371 e. The summed E-state index contributed by atoms with van der Waals surface area (Å²) >= 11 is 1.46. The Morgan fingerprint density at radius 3 is 2.67 bits per heavy atom. The lowest BCUT2D eigenvalue weighted by atomic mass is 9.93. The number of rotatable bonds is 3. The first-order valence-electron chi connectivity index (χ1n) is 5.42. The van der Waals surface area contributed by atoms with E-state index < -0.39 is 5.97 Å². The first-order valence-corrected chi connectivity index (χ1v) is 6.30. The first kappa shape index (κ1) is 12.6. The summed E-state index contributed by atoms with van der Waals surface area (Å²) < 4.78 is 5.10. The molecule has 2 N–H and O–H groups in total. The standard InChI is InChI=1S/C12H14N2O3S/c1-12(2,3)8-6-18-11(13-8)14-9-5-4-7(17-9)10(15)16/h4-6H,1-3H3,(H,13,14)(H,15,16). The van der Waals surface area contributed by atoms with Crippen molar-refractivity contribution in [2.45, 2.75) is 26.2 Å². The minimum Gasteiger partial charge on any atom is -0.475 e. The lowest BCUT2D eigenvalue weighted by Gasteiger charge is -2.14. The molecule has 18 heavy (non-hydrogen) atoms. The predicted molar refractivity (Wildman–Crippen MR) is 69.8 cm³/mol. The quantitative estimate of drug-likeness (QED) is 0.889. The Kier molecular flexibility index (Phi) is 3.13. The Bertz CT molecular complexity index is 566. The largest absolute Gasteiger partial charge is 0.475 e. The van der Waals surface area contributed by atoms with E-state index in [0.717, 1.165) is 5.69 Å². The summed E-state index contributed by atoms with van der Waals surface area (Å²) in [5.41, 5.74) is 0.978. The third-order valence-electron chi connectivity index (χ3n) is 2.32. The number of carboxylic acids is 1. The van der Waals surface area contributed by atoms with Crippen LogP contribution in [0.4, 0.5) is 11.0 Å². The van der Waals surface area contributed by atoms with Crippen molar-refractivity contribution in [3.63, 3.8) is 0 Å². The number of anilines is 2. The molecule has 0 bridgehead atoms. The van der Waals surface area contributed by atoms with Gasteiger partial charge in [0.05, 0.1) is 5.69 Å². The SMILES string of the molecule is CC(C)(C)c1csc(Nc2ccc(C(=O)O)o2)n1. The molecule has 0 atom stereocenters. The number of hydrogen-bond donors (Lipinski definition) is 2. The second-order valence-corrected chi connectivity index (χ2v) is 5.74. The number of hydrogen-bond acceptors (Lipinski definition) is 5. The molecule has 0 amide bonds. The van der Waals surface area contributed by atoms with Gasteiger partial charge in [-0.2, -0.15) is 0 Å². The molecule has 2 rings (SSSR count). The van der Waals surface area contributed by atoms with Gasteiger partial charge >= 0.3 is 5.97 Å². The normalized spacial score (nSPS) is 11.5. The molecule has 0 aliphatic rings. The number of carbonyl (C=O) groups is 1. The fraction of sp³-hybridized carbons (Fsp3) is 0.333. The zero-order valence-corrected chi connectivity index (χ0v) is 11.2. The van der Waals surface area contributed by atoms with Crippen LogP contribution in [0.3, 0.4) is 0 Å². The Hall–Kier alpha value is -1.82. The van der Waals surface area contributed by atoms with Gasteiger partial charge < -0.3 is 14.8 Å². The van der Waals surface area contributed by atoms with Crippen LogP contribution in [0, 0.1) is 0 Å². The van der Waals surface area contributed by atoms with Crippen LogP contribution in [-0.4, -0.2) is 16.1 Å². The number of carboxylic acid groups (broad SMARTS) is 1. The van der Waals surface area contributed by atoms with Gasteiger partial charge in [0, 0.05) is 16.9 Å². The van der Waals surface area contributed by atoms with E-state index in [0.29, 0.717) is 11.0 Å². The maximum atomic E-state index is 10.7. The van der Waals surface area contributed by atoms with Gasteiger partial charge in [-0.25, -0.2) is 9.78 Å². The Morgan fingerprint density at radius 2 is 2.17 bits per heavy atom. The van der Waals surface area contributed by atoms with Crippen molar-refractivity contribution in [2.24, 2.45) is 0 Å². The predicted octanol–water partition coefficient (Wildman–Crippen LogP) is 3.48. The van der Waals surface area contributed by atoms with Crippen LogP contribution >= 0.6 is 11.3 Å². The van der Waals surface area contributed by atoms with Gasteiger partial charge in [-0.05, 0) is 6.07 Å². The van der Waals surface area contributed by atoms with Crippen LogP contribution in [0.15, 0.2) is 21.9 Å². The Balaban J connectivity index is 2.14. The summed E-state index contributed by atoms with van der Waals surface area (Å²) in [4.78, 5) is 15.1. The monoisotopic (exact) mass is 266 g/mol. The molecule has 2 heterocycles. The van der Waals surface area contributed by atoms with Gasteiger partial charge in [0.25, 0.3) is 0 Å². The highest BCUT2D eigenvalue weighted by molar-refractivity contribution is 7.13. The second-order valence-electron chi connectivity index (χ2n) is 4.88. The van der Waals surface area contributed by atoms with Crippen molar-refractivity contribution in [3.05, 3.63) is 29.0 Å². The van der Waals surface area contributed by atoms with Crippen molar-refractivity contribution >= 4 is 28.3 Å². The molecule has 0 saturated carbocycles. The van der Waals surface area contributed by atoms with Crippen LogP contribution in [0.5, 0.6) is 0 Å². The summed E-state index contributed by atoms with van der Waals surface area (Å²) in [6.45, 7) is 6.25. The molecule has 0 aliphatic carbocycles. The fourth-order valence-electron chi connectivity index (χ4n) is 1.30. The molecule has 2 aromatic heterocycles. The molecule has 0 radical (unpaired) electrons. The van der Waals surface area contributed by atoms with Crippen LogP contribution in [-0.2, 0) is 5.41 Å². The van der Waals surface area contributed by atoms with Gasteiger partial charge in [0.15, 0.2) is 11.0 Å². The molecule has 5 nitrogen and oxygen atoms in total. The molecule has 0 aromatic carbocycles. The fourth-order valence-corrected chi connectivity index (χ4v) is 2.24. The Labute approximate surface area is 108 Å². The first-order chi connectivity index (χ1) is 8.36. The number of nitrogens with zero attached hydrogens (tertiary/aromatic N) is 1. The molecule has 0 fully saturated rings. The maximum absolute atomic E-state index is 10.7. The number of nitrogens with one attached hydrogen (secondary N) is 1. The van der Waals surface area contributed by atoms with E-state index in [1.54, 1.807) is 6.07 Å². The van der Waals surface area contributed by atoms with Gasteiger partial charge in [-0.15, -0.1) is 11.3 Å². The highest BCUT2D eigenvalue weighted by Crippen LogP contribution is 2.28. The zero-order valence-electron chi connectivity index (χ0n) is 10.4. The molecule has 0 unspecified atom stereocenters. The molecular formula is C12H14N2O3S. The van der Waals surface area contributed by atoms with E-state index in [2.05, 4.69) is 31.1 Å². The Morgan fingerprint density at radius 1 is 1.44 bits per heavy atom. The van der Waals surface area contributed by atoms with E-state index in [-0.39, 0.29) is 11.2 Å². The zero-order chi connectivity index (χ0) is 13.3. The van der Waals surface area contributed by atoms with Crippen molar-refractivity contribution < 1.29 is 14.3 Å². The average Bonchev–Trinajstić information content (AvgIpc) is 2.85. The lowest BCUT2D eigenvalue weighted by Crippen LogP contribution is -2.11. The third-order valence-corrected chi connectivity index (χ3v) is 3.08. The highest BCUT2D eigenvalue weighted by atomic mass is 32.1. The molecule has 2 aromatic rings. The van der Waals surface area contributed by atoms with E-state index in [1.165, 1.54) is 17.4 Å². The lowest BCUT2D eigenvalue weighted by molar-refractivity contribution is 0.0663. The van der Waals surface area contributed by atoms with E-state index in [9.17, 15) is 4.79 Å². The molecular weight excluding hydrogens is 252 g/mol. The van der Waals surface area contributed by atoms with Crippen molar-refractivity contribution in [2.75, 3.05) is 5.32 Å². The summed E-state index contributed by atoms with van der Waals surface area (Å²) in [5, 5.41) is 14.4. The average molecular weight is 266 g/mol. The van der Waals surface area contributed by atoms with Crippen LogP contribution in [0.1, 0.15) is 37.0 Å². The molecule has 0 aliphatic heterocycles. The van der Waals surface area contributed by atoms with Crippen LogP contribution < -0.4 is 5.32 Å². The number of aromatic carboxylic acids is 1. The summed E-state index contributed by atoms with van der Waals surface area (Å²) in [6.07, 6.45) is 0. The number of aromatic nitrogens is 1. The van der Waals surface area contributed by atoms with Gasteiger partial charge in [0.2, 0.25) is 5.76 Å². The van der Waals surface area contributed by atoms with Gasteiger partial charge in [0.1, 0.15) is 0 Å². The van der Waals surface area contributed by atoms with E-state index in [4.69, 9.17) is 9.52 Å². The van der Waals surface area contributed by atoms with Gasteiger partial charge in [-0.1, -0.05) is 20.8 Å². The number of furan rings is 1. The topological polar surface area (TPSA) is 75.4 Å². The molecule has 0 saturated heterocycles. The molecule has 0 spiro atoms. The minimum absolute atomic E-state index is 0.00812. The number of thiazole rings is 1. The smallest absolute Gasteiger partial charge is 0.371 e. The van der Waals surface area contributed by atoms with Crippen molar-refractivity contribution in [1.82, 2.24) is 4.98 Å². The van der Waals surface area contributed by atoms with Crippen LogP contribution in [0.25, 0.3) is 0 Å². The molecule has 6 heteroatoms. The van der Waals surface area contributed by atoms with Crippen LogP contribution in [0.2, 0.25) is 0 Å². The molecule has 96 valence electrons. The third kappa shape index (κ3) is 2.70. The van der Waals surface area contributed by atoms with Crippen molar-refractivity contribution in [1.29, 1.82) is 0 Å². The second kappa shape index (κ2) is 4.45. The van der Waals surface area contributed by atoms with Gasteiger partial charge in [-0.3, -0.25) is 0 Å². The van der Waals surface area contributed by atoms with E-state index >= 15 is 0 Å². The van der Waals surface area contributed by atoms with E-state index in [1.807, 2.05) is 5.38 Å².